The molecule has 0 aliphatic heterocycles. The van der Waals surface area contributed by atoms with E-state index in [4.69, 9.17) is 5.73 Å². The summed E-state index contributed by atoms with van der Waals surface area (Å²) >= 11 is 0. The van der Waals surface area contributed by atoms with Crippen molar-refractivity contribution in [3.05, 3.63) is 0 Å². The molecule has 0 heterocycles. The third kappa shape index (κ3) is 2.60. The number of rotatable bonds is 1. The molecule has 0 radical (unpaired) electrons. The first-order valence-corrected chi connectivity index (χ1v) is 4.27. The van der Waals surface area contributed by atoms with E-state index < -0.39 is 23.9 Å². The van der Waals surface area contributed by atoms with Crippen LogP contribution >= 0.6 is 0 Å². The summed E-state index contributed by atoms with van der Waals surface area (Å²) in [7, 11) is 0. The van der Waals surface area contributed by atoms with Crippen LogP contribution < -0.4 is 5.73 Å². The van der Waals surface area contributed by atoms with Crippen LogP contribution in [-0.4, -0.2) is 12.1 Å². The first-order valence-electron chi connectivity index (χ1n) is 4.27. The summed E-state index contributed by atoms with van der Waals surface area (Å²) in [5, 5.41) is 0. The Morgan fingerprint density at radius 1 is 1.31 bits per heavy atom. The lowest BCUT2D eigenvalue weighted by atomic mass is 9.81. The molecular formula is C8H12F3NO. The molecule has 1 aliphatic carbocycles. The molecule has 13 heavy (non-hydrogen) atoms. The molecule has 0 spiro atoms. The van der Waals surface area contributed by atoms with Crippen LogP contribution in [0.15, 0.2) is 0 Å². The van der Waals surface area contributed by atoms with Crippen LogP contribution in [0.2, 0.25) is 0 Å². The topological polar surface area (TPSA) is 43.1 Å². The van der Waals surface area contributed by atoms with E-state index in [1.54, 1.807) is 0 Å². The molecule has 2 nitrogen and oxygen atoms in total. The molecule has 1 rings (SSSR count). The van der Waals surface area contributed by atoms with Crippen LogP contribution in [0.5, 0.6) is 0 Å². The van der Waals surface area contributed by atoms with Crippen LogP contribution in [0.25, 0.3) is 0 Å². The largest absolute Gasteiger partial charge is 0.391 e. The predicted molar refractivity (Wildman–Crippen MR) is 40.7 cm³/mol. The zero-order valence-electron chi connectivity index (χ0n) is 7.10. The summed E-state index contributed by atoms with van der Waals surface area (Å²) in [5.74, 6) is -2.52. The van der Waals surface area contributed by atoms with Crippen molar-refractivity contribution in [2.24, 2.45) is 17.6 Å². The minimum Gasteiger partial charge on any atom is -0.369 e. The lowest BCUT2D eigenvalue weighted by molar-refractivity contribution is -0.186. The number of halogens is 3. The Hall–Kier alpha value is -0.740. The van der Waals surface area contributed by atoms with Gasteiger partial charge in [0.2, 0.25) is 5.91 Å². The van der Waals surface area contributed by atoms with Crippen molar-refractivity contribution < 1.29 is 18.0 Å². The fourth-order valence-electron chi connectivity index (χ4n) is 1.75. The van der Waals surface area contributed by atoms with Gasteiger partial charge >= 0.3 is 6.18 Å². The van der Waals surface area contributed by atoms with Gasteiger partial charge < -0.3 is 5.73 Å². The smallest absolute Gasteiger partial charge is 0.369 e. The first kappa shape index (κ1) is 10.3. The highest BCUT2D eigenvalue weighted by Gasteiger charge is 2.43. The summed E-state index contributed by atoms with van der Waals surface area (Å²) in [5.41, 5.74) is 4.97. The zero-order chi connectivity index (χ0) is 10.1. The Kier molecular flexibility index (Phi) is 2.83. The van der Waals surface area contributed by atoms with Crippen molar-refractivity contribution >= 4 is 5.91 Å². The SMILES string of the molecule is NC(=O)C1CCCC(C(F)(F)F)C1. The number of amides is 1. The molecule has 0 saturated heterocycles. The summed E-state index contributed by atoms with van der Waals surface area (Å²) in [6.45, 7) is 0. The lowest BCUT2D eigenvalue weighted by Gasteiger charge is -2.28. The van der Waals surface area contributed by atoms with Gasteiger partial charge in [-0.3, -0.25) is 4.79 Å². The van der Waals surface area contributed by atoms with E-state index in [0.29, 0.717) is 12.8 Å². The van der Waals surface area contributed by atoms with Gasteiger partial charge in [0.15, 0.2) is 0 Å². The molecule has 2 atom stereocenters. The number of carbonyl (C=O) groups is 1. The summed E-state index contributed by atoms with van der Waals surface area (Å²) in [4.78, 5) is 10.7. The van der Waals surface area contributed by atoms with Crippen LogP contribution in [0.3, 0.4) is 0 Å². The van der Waals surface area contributed by atoms with Gasteiger partial charge in [0.05, 0.1) is 5.92 Å². The molecule has 0 aromatic carbocycles. The van der Waals surface area contributed by atoms with E-state index in [-0.39, 0.29) is 12.8 Å². The maximum absolute atomic E-state index is 12.2. The van der Waals surface area contributed by atoms with Gasteiger partial charge in [0.1, 0.15) is 0 Å². The van der Waals surface area contributed by atoms with Gasteiger partial charge in [-0.2, -0.15) is 13.2 Å². The molecule has 2 N–H and O–H groups in total. The van der Waals surface area contributed by atoms with Crippen LogP contribution in [-0.2, 0) is 4.79 Å². The molecule has 1 saturated carbocycles. The summed E-state index contributed by atoms with van der Waals surface area (Å²) in [6.07, 6.45) is -3.22. The van der Waals surface area contributed by atoms with E-state index in [1.807, 2.05) is 0 Å². The van der Waals surface area contributed by atoms with E-state index in [0.717, 1.165) is 0 Å². The van der Waals surface area contributed by atoms with Gasteiger partial charge in [0.25, 0.3) is 0 Å². The van der Waals surface area contributed by atoms with E-state index in [9.17, 15) is 18.0 Å². The fourth-order valence-corrected chi connectivity index (χ4v) is 1.75. The van der Waals surface area contributed by atoms with Crippen molar-refractivity contribution in [3.8, 4) is 0 Å². The highest BCUT2D eigenvalue weighted by Crippen LogP contribution is 2.39. The van der Waals surface area contributed by atoms with Gasteiger partial charge in [-0.25, -0.2) is 0 Å². The van der Waals surface area contributed by atoms with Crippen molar-refractivity contribution in [1.82, 2.24) is 0 Å². The maximum Gasteiger partial charge on any atom is 0.391 e. The molecule has 0 aromatic heterocycles. The van der Waals surface area contributed by atoms with Crippen LogP contribution in [0.4, 0.5) is 13.2 Å². The monoisotopic (exact) mass is 195 g/mol. The second-order valence-electron chi connectivity index (χ2n) is 3.50. The van der Waals surface area contributed by atoms with Gasteiger partial charge in [-0.1, -0.05) is 6.42 Å². The average molecular weight is 195 g/mol. The number of primary amides is 1. The van der Waals surface area contributed by atoms with Crippen molar-refractivity contribution in [2.75, 3.05) is 0 Å². The molecular weight excluding hydrogens is 183 g/mol. The zero-order valence-corrected chi connectivity index (χ0v) is 7.10. The van der Waals surface area contributed by atoms with E-state index in [1.165, 1.54) is 0 Å². The van der Waals surface area contributed by atoms with Gasteiger partial charge in [-0.15, -0.1) is 0 Å². The molecule has 1 amide bonds. The number of nitrogens with two attached hydrogens (primary N) is 1. The lowest BCUT2D eigenvalue weighted by Crippen LogP contribution is -2.34. The Bertz CT molecular complexity index is 202. The molecule has 5 heteroatoms. The molecule has 0 bridgehead atoms. The number of hydrogen-bond acceptors (Lipinski definition) is 1. The third-order valence-corrected chi connectivity index (χ3v) is 2.54. The van der Waals surface area contributed by atoms with Crippen LogP contribution in [0.1, 0.15) is 25.7 Å². The summed E-state index contributed by atoms with van der Waals surface area (Å²) in [6, 6.07) is 0. The van der Waals surface area contributed by atoms with Crippen molar-refractivity contribution in [2.45, 2.75) is 31.9 Å². The van der Waals surface area contributed by atoms with Gasteiger partial charge in [0, 0.05) is 5.92 Å². The van der Waals surface area contributed by atoms with Crippen molar-refractivity contribution in [3.63, 3.8) is 0 Å². The molecule has 1 fully saturated rings. The summed E-state index contributed by atoms with van der Waals surface area (Å²) < 4.78 is 36.7. The molecule has 76 valence electrons. The second-order valence-corrected chi connectivity index (χ2v) is 3.50. The predicted octanol–water partition coefficient (Wildman–Crippen LogP) is 1.84. The molecule has 2 unspecified atom stereocenters. The Morgan fingerprint density at radius 2 is 1.92 bits per heavy atom. The molecule has 1 aliphatic rings. The number of carbonyl (C=O) groups excluding carboxylic acids is 1. The second kappa shape index (κ2) is 3.55. The molecule has 0 aromatic rings. The average Bonchev–Trinajstić information content (AvgIpc) is 2.03. The van der Waals surface area contributed by atoms with E-state index in [2.05, 4.69) is 0 Å². The highest BCUT2D eigenvalue weighted by atomic mass is 19.4. The first-order chi connectivity index (χ1) is 5.91. The number of hydrogen-bond donors (Lipinski definition) is 1. The maximum atomic E-state index is 12.2. The Balaban J connectivity index is 2.57. The minimum absolute atomic E-state index is 0.126. The Labute approximate surface area is 74.3 Å². The van der Waals surface area contributed by atoms with E-state index >= 15 is 0 Å². The van der Waals surface area contributed by atoms with Gasteiger partial charge in [-0.05, 0) is 19.3 Å². The minimum atomic E-state index is -4.17. The standard InChI is InChI=1S/C8H12F3NO/c9-8(10,11)6-3-1-2-5(4-6)7(12)13/h5-6H,1-4H2,(H2,12,13). The van der Waals surface area contributed by atoms with Crippen LogP contribution in [0, 0.1) is 11.8 Å². The Morgan fingerprint density at radius 3 is 2.38 bits per heavy atom. The quantitative estimate of drug-likeness (QED) is 0.681. The highest BCUT2D eigenvalue weighted by molar-refractivity contribution is 5.76. The number of alkyl halides is 3. The van der Waals surface area contributed by atoms with Crippen molar-refractivity contribution in [1.29, 1.82) is 0 Å². The normalized spacial score (nSPS) is 30.1. The third-order valence-electron chi connectivity index (χ3n) is 2.54. The fraction of sp³-hybridized carbons (Fsp3) is 0.875.